The number of hydrogen-bond acceptors (Lipinski definition) is 4. The summed E-state index contributed by atoms with van der Waals surface area (Å²) in [5.41, 5.74) is 0. The molecule has 0 amide bonds. The van der Waals surface area contributed by atoms with Crippen molar-refractivity contribution in [1.82, 2.24) is 0 Å². The normalized spacial score (nSPS) is 12.2. The predicted molar refractivity (Wildman–Crippen MR) is 159 cm³/mol. The van der Waals surface area contributed by atoms with E-state index in [1.165, 1.54) is 148 Å². The molecule has 0 aliphatic carbocycles. The lowest BCUT2D eigenvalue weighted by molar-refractivity contribution is -0.154. The van der Waals surface area contributed by atoms with Gasteiger partial charge in [0.2, 0.25) is 0 Å². The number of unbranched alkanes of at least 4 members (excludes halogenated alkanes) is 23. The summed E-state index contributed by atoms with van der Waals surface area (Å²) in [6.45, 7) is 5.04. The number of hydrogen-bond donors (Lipinski definition) is 1. The Bertz CT molecular complexity index is 440. The Kier molecular flexibility index (Phi) is 31.1. The van der Waals surface area contributed by atoms with Crippen LogP contribution < -0.4 is 0 Å². The van der Waals surface area contributed by atoms with Crippen LogP contribution in [0.25, 0.3) is 0 Å². The molecule has 1 N–H and O–H groups in total. The quantitative estimate of drug-likeness (QED) is 0.0721. The van der Waals surface area contributed by atoms with Crippen LogP contribution in [0.2, 0.25) is 0 Å². The molecule has 0 aliphatic heterocycles. The molecule has 222 valence electrons. The second-order valence-corrected chi connectivity index (χ2v) is 11.3. The Hall–Kier alpha value is -0.610. The van der Waals surface area contributed by atoms with Crippen molar-refractivity contribution in [1.29, 1.82) is 0 Å². The third-order valence-electron chi connectivity index (χ3n) is 7.40. The van der Waals surface area contributed by atoms with Crippen molar-refractivity contribution in [3.05, 3.63) is 0 Å². The van der Waals surface area contributed by atoms with Gasteiger partial charge in [0.1, 0.15) is 6.10 Å². The Morgan fingerprint density at radius 3 is 1.22 bits per heavy atom. The van der Waals surface area contributed by atoms with Crippen LogP contribution in [0.4, 0.5) is 0 Å². The van der Waals surface area contributed by atoms with Gasteiger partial charge in [-0.25, -0.2) is 0 Å². The first kappa shape index (κ1) is 36.4. The molecule has 0 radical (unpaired) electrons. The van der Waals surface area contributed by atoms with Gasteiger partial charge in [-0.15, -0.1) is 0 Å². The molecule has 37 heavy (non-hydrogen) atoms. The summed E-state index contributed by atoms with van der Waals surface area (Å²) in [6.07, 6.45) is 34.2. The van der Waals surface area contributed by atoms with E-state index in [1.54, 1.807) is 0 Å². The molecule has 0 saturated heterocycles. The molecule has 4 heteroatoms. The molecule has 1 atom stereocenters. The summed E-state index contributed by atoms with van der Waals surface area (Å²) in [5.74, 6) is -0.250. The van der Waals surface area contributed by atoms with Crippen molar-refractivity contribution in [2.24, 2.45) is 0 Å². The molecule has 0 rings (SSSR count). The van der Waals surface area contributed by atoms with E-state index in [-0.39, 0.29) is 12.6 Å². The number of carbonyl (C=O) groups is 1. The lowest BCUT2D eigenvalue weighted by Gasteiger charge is -2.15. The Labute approximate surface area is 232 Å². The minimum absolute atomic E-state index is 0.172. The second-order valence-electron chi connectivity index (χ2n) is 11.3. The van der Waals surface area contributed by atoms with Crippen LogP contribution in [0.15, 0.2) is 0 Å². The van der Waals surface area contributed by atoms with Crippen LogP contribution >= 0.6 is 0 Å². The average molecular weight is 527 g/mol. The van der Waals surface area contributed by atoms with E-state index >= 15 is 0 Å². The van der Waals surface area contributed by atoms with E-state index in [0.29, 0.717) is 19.6 Å². The lowest BCUT2D eigenvalue weighted by atomic mass is 10.0. The number of aliphatic hydroxyl groups is 1. The van der Waals surface area contributed by atoms with E-state index in [4.69, 9.17) is 9.47 Å². The first-order chi connectivity index (χ1) is 18.2. The maximum atomic E-state index is 11.5. The van der Waals surface area contributed by atoms with Gasteiger partial charge in [0.15, 0.2) is 0 Å². The third kappa shape index (κ3) is 29.8. The standard InChI is InChI=1S/C33H66O4/c1-3-5-6-7-8-9-10-11-12-13-14-15-16-17-18-19-20-21-22-23-24-25-26-27-29-36-31-32(30-34)37-33(35)28-4-2/h32,34H,3-31H2,1-2H3. The van der Waals surface area contributed by atoms with Gasteiger partial charge in [-0.3, -0.25) is 4.79 Å². The lowest BCUT2D eigenvalue weighted by Crippen LogP contribution is -2.27. The molecule has 0 fully saturated rings. The Morgan fingerprint density at radius 2 is 0.892 bits per heavy atom. The zero-order valence-corrected chi connectivity index (χ0v) is 25.3. The Morgan fingerprint density at radius 1 is 0.541 bits per heavy atom. The van der Waals surface area contributed by atoms with Crippen LogP contribution in [0.1, 0.15) is 181 Å². The van der Waals surface area contributed by atoms with Crippen molar-refractivity contribution >= 4 is 5.97 Å². The molecule has 1 unspecified atom stereocenters. The average Bonchev–Trinajstić information content (AvgIpc) is 2.90. The molecule has 0 aliphatic rings. The van der Waals surface area contributed by atoms with E-state index in [1.807, 2.05) is 6.92 Å². The van der Waals surface area contributed by atoms with Gasteiger partial charge in [-0.2, -0.15) is 0 Å². The van der Waals surface area contributed by atoms with E-state index in [0.717, 1.165) is 12.8 Å². The predicted octanol–water partition coefficient (Wildman–Crippen LogP) is 10.1. The zero-order chi connectivity index (χ0) is 27.1. The molecule has 0 aromatic carbocycles. The number of aliphatic hydroxyl groups excluding tert-OH is 1. The highest BCUT2D eigenvalue weighted by molar-refractivity contribution is 5.69. The van der Waals surface area contributed by atoms with Crippen LogP contribution in [0.3, 0.4) is 0 Å². The smallest absolute Gasteiger partial charge is 0.306 e. The van der Waals surface area contributed by atoms with Gasteiger partial charge < -0.3 is 14.6 Å². The molecule has 0 bridgehead atoms. The number of rotatable bonds is 31. The van der Waals surface area contributed by atoms with Gasteiger partial charge >= 0.3 is 5.97 Å². The van der Waals surface area contributed by atoms with E-state index < -0.39 is 6.10 Å². The number of esters is 1. The number of carbonyl (C=O) groups excluding carboxylic acids is 1. The maximum absolute atomic E-state index is 11.5. The van der Waals surface area contributed by atoms with Crippen LogP contribution in [0.5, 0.6) is 0 Å². The summed E-state index contributed by atoms with van der Waals surface area (Å²) in [4.78, 5) is 11.5. The summed E-state index contributed by atoms with van der Waals surface area (Å²) in [5, 5.41) is 9.28. The van der Waals surface area contributed by atoms with E-state index in [9.17, 15) is 9.90 Å². The highest BCUT2D eigenvalue weighted by Crippen LogP contribution is 2.15. The van der Waals surface area contributed by atoms with Crippen molar-refractivity contribution in [2.75, 3.05) is 19.8 Å². The first-order valence-corrected chi connectivity index (χ1v) is 16.6. The maximum Gasteiger partial charge on any atom is 0.306 e. The van der Waals surface area contributed by atoms with Gasteiger partial charge in [-0.1, -0.05) is 162 Å². The minimum Gasteiger partial charge on any atom is -0.457 e. The van der Waals surface area contributed by atoms with Crippen LogP contribution in [-0.4, -0.2) is 37.0 Å². The highest BCUT2D eigenvalue weighted by atomic mass is 16.6. The SMILES string of the molecule is CCCCCCCCCCCCCCCCCCCCCCCCCCOCC(CO)OC(=O)CCC. The first-order valence-electron chi connectivity index (χ1n) is 16.6. The van der Waals surface area contributed by atoms with Gasteiger partial charge in [-0.05, 0) is 12.8 Å². The van der Waals surface area contributed by atoms with Crippen molar-refractivity contribution in [3.8, 4) is 0 Å². The summed E-state index contributed by atoms with van der Waals surface area (Å²) >= 11 is 0. The van der Waals surface area contributed by atoms with Gasteiger partial charge in [0.05, 0.1) is 13.2 Å². The topological polar surface area (TPSA) is 55.8 Å². The summed E-state index contributed by atoms with van der Waals surface area (Å²) in [7, 11) is 0. The second kappa shape index (κ2) is 31.6. The number of ether oxygens (including phenoxy) is 2. The fourth-order valence-corrected chi connectivity index (χ4v) is 4.95. The van der Waals surface area contributed by atoms with E-state index in [2.05, 4.69) is 6.92 Å². The third-order valence-corrected chi connectivity index (χ3v) is 7.40. The molecule has 0 saturated carbocycles. The molecule has 0 spiro atoms. The Balaban J connectivity index is 3.16. The molecular weight excluding hydrogens is 460 g/mol. The van der Waals surface area contributed by atoms with Crippen LogP contribution in [0, 0.1) is 0 Å². The summed E-state index contributed by atoms with van der Waals surface area (Å²) in [6, 6.07) is 0. The molecule has 0 heterocycles. The van der Waals surface area contributed by atoms with Crippen molar-refractivity contribution in [3.63, 3.8) is 0 Å². The van der Waals surface area contributed by atoms with Crippen molar-refractivity contribution in [2.45, 2.75) is 187 Å². The largest absolute Gasteiger partial charge is 0.457 e. The van der Waals surface area contributed by atoms with Crippen LogP contribution in [-0.2, 0) is 14.3 Å². The highest BCUT2D eigenvalue weighted by Gasteiger charge is 2.12. The molecular formula is C33H66O4. The minimum atomic E-state index is -0.520. The molecule has 0 aromatic rings. The van der Waals surface area contributed by atoms with Gasteiger partial charge in [0.25, 0.3) is 0 Å². The van der Waals surface area contributed by atoms with Crippen molar-refractivity contribution < 1.29 is 19.4 Å². The van der Waals surface area contributed by atoms with Gasteiger partial charge in [0, 0.05) is 13.0 Å². The zero-order valence-electron chi connectivity index (χ0n) is 25.3. The fourth-order valence-electron chi connectivity index (χ4n) is 4.95. The molecule has 0 aromatic heterocycles. The monoisotopic (exact) mass is 526 g/mol. The summed E-state index contributed by atoms with van der Waals surface area (Å²) < 4.78 is 10.8. The molecule has 4 nitrogen and oxygen atoms in total. The fraction of sp³-hybridized carbons (Fsp3) is 0.970.